The second-order valence-corrected chi connectivity index (χ2v) is 6.76. The topological polar surface area (TPSA) is 69.8 Å². The number of carbonyl (C=O) groups excluding carboxylic acids is 1. The lowest BCUT2D eigenvalue weighted by Crippen LogP contribution is -2.12. The Kier molecular flexibility index (Phi) is 4.19. The number of amides is 1. The molecule has 1 fully saturated rings. The van der Waals surface area contributed by atoms with Gasteiger partial charge in [-0.2, -0.15) is 5.26 Å². The fourth-order valence-electron chi connectivity index (χ4n) is 3.68. The summed E-state index contributed by atoms with van der Waals surface area (Å²) >= 11 is 0. The van der Waals surface area contributed by atoms with Gasteiger partial charge in [0.2, 0.25) is 0 Å². The SMILES string of the molecule is Cn1cc([C@H]2CCNC2)c2cc(NC(=O)c3cccc(C#N)c3)ccc21. The first-order chi connectivity index (χ1) is 12.7. The largest absolute Gasteiger partial charge is 0.350 e. The number of anilines is 1. The summed E-state index contributed by atoms with van der Waals surface area (Å²) in [5.41, 5.74) is 4.22. The number of aryl methyl sites for hydroxylation is 1. The number of fused-ring (bicyclic) bond motifs is 1. The third-order valence-electron chi connectivity index (χ3n) is 5.03. The molecular formula is C21H20N4O. The highest BCUT2D eigenvalue weighted by Gasteiger charge is 2.21. The molecule has 130 valence electrons. The van der Waals surface area contributed by atoms with E-state index in [4.69, 9.17) is 5.26 Å². The molecule has 2 heterocycles. The Labute approximate surface area is 152 Å². The standard InChI is InChI=1S/C21H20N4O/c1-25-13-19(16-7-8-23-12-16)18-10-17(5-6-20(18)25)24-21(26)15-4-2-3-14(9-15)11-22/h2-6,9-10,13,16,23H,7-8,12H2,1H3,(H,24,26)/t16-/m0/s1. The average Bonchev–Trinajstić information content (AvgIpc) is 3.30. The van der Waals surface area contributed by atoms with E-state index in [1.807, 2.05) is 12.1 Å². The Balaban J connectivity index is 1.65. The van der Waals surface area contributed by atoms with Crippen LogP contribution in [0, 0.1) is 11.3 Å². The van der Waals surface area contributed by atoms with E-state index >= 15 is 0 Å². The molecule has 2 N–H and O–H groups in total. The van der Waals surface area contributed by atoms with E-state index < -0.39 is 0 Å². The zero-order valence-corrected chi connectivity index (χ0v) is 14.6. The lowest BCUT2D eigenvalue weighted by Gasteiger charge is -2.09. The number of carbonyl (C=O) groups is 1. The van der Waals surface area contributed by atoms with Crippen LogP contribution in [-0.2, 0) is 7.05 Å². The van der Waals surface area contributed by atoms with Gasteiger partial charge in [-0.05, 0) is 60.8 Å². The van der Waals surface area contributed by atoms with Crippen LogP contribution in [-0.4, -0.2) is 23.6 Å². The number of nitriles is 1. The number of aromatic nitrogens is 1. The summed E-state index contributed by atoms with van der Waals surface area (Å²) in [6.45, 7) is 2.05. The van der Waals surface area contributed by atoms with Gasteiger partial charge in [0.05, 0.1) is 11.6 Å². The van der Waals surface area contributed by atoms with Gasteiger partial charge in [-0.3, -0.25) is 4.79 Å². The number of nitrogens with one attached hydrogen (secondary N) is 2. The van der Waals surface area contributed by atoms with Gasteiger partial charge in [-0.1, -0.05) is 6.07 Å². The minimum absolute atomic E-state index is 0.207. The van der Waals surface area contributed by atoms with E-state index in [2.05, 4.69) is 40.6 Å². The molecule has 1 aromatic heterocycles. The number of benzene rings is 2. The second kappa shape index (κ2) is 6.66. The smallest absolute Gasteiger partial charge is 0.255 e. The van der Waals surface area contributed by atoms with Crippen LogP contribution in [0.15, 0.2) is 48.7 Å². The van der Waals surface area contributed by atoms with Gasteiger partial charge >= 0.3 is 0 Å². The molecule has 1 atom stereocenters. The predicted octanol–water partition coefficient (Wildman–Crippen LogP) is 3.38. The molecule has 0 unspecified atom stereocenters. The van der Waals surface area contributed by atoms with Crippen molar-refractivity contribution in [2.75, 3.05) is 18.4 Å². The molecule has 0 bridgehead atoms. The van der Waals surface area contributed by atoms with Gasteiger partial charge in [-0.15, -0.1) is 0 Å². The highest BCUT2D eigenvalue weighted by molar-refractivity contribution is 6.05. The Bertz CT molecular complexity index is 1020. The fourth-order valence-corrected chi connectivity index (χ4v) is 3.68. The maximum atomic E-state index is 12.5. The number of hydrogen-bond acceptors (Lipinski definition) is 3. The fraction of sp³-hybridized carbons (Fsp3) is 0.238. The molecule has 0 saturated carbocycles. The minimum Gasteiger partial charge on any atom is -0.350 e. The second-order valence-electron chi connectivity index (χ2n) is 6.76. The van der Waals surface area contributed by atoms with Crippen LogP contribution in [0.2, 0.25) is 0 Å². The lowest BCUT2D eigenvalue weighted by molar-refractivity contribution is 0.102. The monoisotopic (exact) mass is 344 g/mol. The van der Waals surface area contributed by atoms with Crippen molar-refractivity contribution in [1.82, 2.24) is 9.88 Å². The third kappa shape index (κ3) is 2.96. The first kappa shape index (κ1) is 16.4. The molecule has 1 saturated heterocycles. The summed E-state index contributed by atoms with van der Waals surface area (Å²) in [4.78, 5) is 12.5. The Morgan fingerprint density at radius 3 is 2.96 bits per heavy atom. The minimum atomic E-state index is -0.207. The normalized spacial score (nSPS) is 16.5. The maximum Gasteiger partial charge on any atom is 0.255 e. The van der Waals surface area contributed by atoms with Crippen LogP contribution in [0.5, 0.6) is 0 Å². The quantitative estimate of drug-likeness (QED) is 0.765. The molecule has 5 heteroatoms. The van der Waals surface area contributed by atoms with E-state index in [9.17, 15) is 4.79 Å². The molecule has 5 nitrogen and oxygen atoms in total. The van der Waals surface area contributed by atoms with Gasteiger partial charge in [0.25, 0.3) is 5.91 Å². The van der Waals surface area contributed by atoms with Crippen LogP contribution < -0.4 is 10.6 Å². The maximum absolute atomic E-state index is 12.5. The van der Waals surface area contributed by atoms with Crippen LogP contribution in [0.3, 0.4) is 0 Å². The number of nitrogens with zero attached hydrogens (tertiary/aromatic N) is 2. The molecule has 3 aromatic rings. The summed E-state index contributed by atoms with van der Waals surface area (Å²) < 4.78 is 2.14. The van der Waals surface area contributed by atoms with Crippen LogP contribution in [0.25, 0.3) is 10.9 Å². The van der Waals surface area contributed by atoms with Gasteiger partial charge in [0.1, 0.15) is 0 Å². The van der Waals surface area contributed by atoms with Crippen molar-refractivity contribution in [2.24, 2.45) is 7.05 Å². The summed E-state index contributed by atoms with van der Waals surface area (Å²) in [6, 6.07) is 14.8. The van der Waals surface area contributed by atoms with E-state index in [-0.39, 0.29) is 5.91 Å². The van der Waals surface area contributed by atoms with E-state index in [0.717, 1.165) is 30.7 Å². The Hall–Kier alpha value is -3.10. The van der Waals surface area contributed by atoms with Crippen LogP contribution in [0.1, 0.15) is 33.8 Å². The zero-order chi connectivity index (χ0) is 18.1. The van der Waals surface area contributed by atoms with Crippen molar-refractivity contribution in [3.63, 3.8) is 0 Å². The molecule has 0 radical (unpaired) electrons. The summed E-state index contributed by atoms with van der Waals surface area (Å²) in [5.74, 6) is 0.304. The summed E-state index contributed by atoms with van der Waals surface area (Å²) in [6.07, 6.45) is 3.33. The van der Waals surface area contributed by atoms with E-state index in [1.54, 1.807) is 24.3 Å². The first-order valence-electron chi connectivity index (χ1n) is 8.77. The molecule has 1 amide bonds. The first-order valence-corrected chi connectivity index (χ1v) is 8.77. The highest BCUT2D eigenvalue weighted by atomic mass is 16.1. The van der Waals surface area contributed by atoms with E-state index in [0.29, 0.717) is 17.0 Å². The van der Waals surface area contributed by atoms with Gasteiger partial charge in [0, 0.05) is 41.9 Å². The highest BCUT2D eigenvalue weighted by Crippen LogP contribution is 2.32. The van der Waals surface area contributed by atoms with Crippen molar-refractivity contribution < 1.29 is 4.79 Å². The molecule has 0 spiro atoms. The van der Waals surface area contributed by atoms with E-state index in [1.165, 1.54) is 10.9 Å². The van der Waals surface area contributed by atoms with Crippen LogP contribution >= 0.6 is 0 Å². The molecule has 4 rings (SSSR count). The van der Waals surface area contributed by atoms with Crippen molar-refractivity contribution in [2.45, 2.75) is 12.3 Å². The van der Waals surface area contributed by atoms with Gasteiger partial charge in [0.15, 0.2) is 0 Å². The predicted molar refractivity (Wildman–Crippen MR) is 102 cm³/mol. The van der Waals surface area contributed by atoms with Crippen molar-refractivity contribution >= 4 is 22.5 Å². The Morgan fingerprint density at radius 2 is 2.19 bits per heavy atom. The van der Waals surface area contributed by atoms with Crippen LogP contribution in [0.4, 0.5) is 5.69 Å². The zero-order valence-electron chi connectivity index (χ0n) is 14.6. The van der Waals surface area contributed by atoms with Gasteiger partial charge < -0.3 is 15.2 Å². The molecule has 1 aliphatic heterocycles. The average molecular weight is 344 g/mol. The lowest BCUT2D eigenvalue weighted by atomic mass is 9.97. The van der Waals surface area contributed by atoms with Crippen molar-refractivity contribution in [3.8, 4) is 6.07 Å². The molecule has 1 aliphatic rings. The van der Waals surface area contributed by atoms with Gasteiger partial charge in [-0.25, -0.2) is 0 Å². The third-order valence-corrected chi connectivity index (χ3v) is 5.03. The Morgan fingerprint density at radius 1 is 1.31 bits per heavy atom. The molecule has 2 aromatic carbocycles. The number of rotatable bonds is 3. The molecular weight excluding hydrogens is 324 g/mol. The van der Waals surface area contributed by atoms with Crippen molar-refractivity contribution in [3.05, 3.63) is 65.4 Å². The molecule has 26 heavy (non-hydrogen) atoms. The number of hydrogen-bond donors (Lipinski definition) is 2. The summed E-state index contributed by atoms with van der Waals surface area (Å²) in [5, 5.41) is 16.6. The van der Waals surface area contributed by atoms with Crippen molar-refractivity contribution in [1.29, 1.82) is 5.26 Å². The summed E-state index contributed by atoms with van der Waals surface area (Å²) in [7, 11) is 2.06. The molecule has 0 aliphatic carbocycles.